The predicted octanol–water partition coefficient (Wildman–Crippen LogP) is 3.29. The molecule has 0 aromatic heterocycles. The first-order valence-corrected chi connectivity index (χ1v) is 10.1. The normalized spacial score (nSPS) is 27.0. The summed E-state index contributed by atoms with van der Waals surface area (Å²) in [5, 5.41) is 4.21. The Kier molecular flexibility index (Phi) is 4.12. The molecule has 0 spiro atoms. The van der Waals surface area contributed by atoms with Crippen molar-refractivity contribution in [1.82, 2.24) is 10.0 Å². The van der Waals surface area contributed by atoms with E-state index in [-0.39, 0.29) is 23.7 Å². The number of anilines is 1. The summed E-state index contributed by atoms with van der Waals surface area (Å²) in [5.41, 5.74) is 4.56. The standard InChI is InChI=1S/C23H24FN3O2/c1-13-11-14(2)19(15(3)12-13)27-22(28)18-20(16-5-7-17(24)8-6-16)25-9-4-10-26(25)21(18)23(27)29/h5-8,11-12,18,20-21H,4,9-10H2,1-3H3. The third kappa shape index (κ3) is 2.59. The van der Waals surface area contributed by atoms with Gasteiger partial charge in [0.25, 0.3) is 5.91 Å². The minimum Gasteiger partial charge on any atom is -0.274 e. The molecule has 0 bridgehead atoms. The molecule has 3 fully saturated rings. The van der Waals surface area contributed by atoms with Gasteiger partial charge in [0, 0.05) is 13.1 Å². The topological polar surface area (TPSA) is 43.9 Å². The van der Waals surface area contributed by atoms with E-state index in [1.807, 2.05) is 32.9 Å². The molecule has 3 saturated heterocycles. The van der Waals surface area contributed by atoms with Gasteiger partial charge < -0.3 is 0 Å². The molecule has 0 saturated carbocycles. The fraction of sp³-hybridized carbons (Fsp3) is 0.391. The fourth-order valence-electron chi connectivity index (χ4n) is 5.52. The van der Waals surface area contributed by atoms with Gasteiger partial charge in [-0.05, 0) is 56.0 Å². The molecule has 2 amide bonds. The fourth-order valence-corrected chi connectivity index (χ4v) is 5.52. The zero-order valence-electron chi connectivity index (χ0n) is 16.9. The van der Waals surface area contributed by atoms with Crippen molar-refractivity contribution in [2.24, 2.45) is 5.92 Å². The lowest BCUT2D eigenvalue weighted by Crippen LogP contribution is -2.44. The van der Waals surface area contributed by atoms with Gasteiger partial charge in [-0.3, -0.25) is 9.59 Å². The smallest absolute Gasteiger partial charge is 0.253 e. The average Bonchev–Trinajstić information content (AvgIpc) is 3.30. The molecule has 2 aromatic carbocycles. The number of hydrazine groups is 1. The average molecular weight is 393 g/mol. The van der Waals surface area contributed by atoms with Crippen LogP contribution in [0, 0.1) is 32.5 Å². The Hall–Kier alpha value is -2.57. The van der Waals surface area contributed by atoms with Crippen LogP contribution >= 0.6 is 0 Å². The zero-order chi connectivity index (χ0) is 20.4. The highest BCUT2D eigenvalue weighted by Crippen LogP contribution is 2.49. The van der Waals surface area contributed by atoms with Crippen LogP contribution in [0.2, 0.25) is 0 Å². The molecule has 3 unspecified atom stereocenters. The van der Waals surface area contributed by atoms with Gasteiger partial charge in [0.05, 0.1) is 17.6 Å². The van der Waals surface area contributed by atoms with Crippen LogP contribution in [-0.4, -0.2) is 41.0 Å². The molecule has 6 heteroatoms. The van der Waals surface area contributed by atoms with Crippen LogP contribution in [0.25, 0.3) is 0 Å². The third-order valence-corrected chi connectivity index (χ3v) is 6.48. The Morgan fingerprint density at radius 3 is 2.07 bits per heavy atom. The van der Waals surface area contributed by atoms with E-state index in [2.05, 4.69) is 10.0 Å². The highest BCUT2D eigenvalue weighted by Gasteiger charge is 2.63. The molecule has 150 valence electrons. The summed E-state index contributed by atoms with van der Waals surface area (Å²) in [7, 11) is 0. The summed E-state index contributed by atoms with van der Waals surface area (Å²) in [6.45, 7) is 7.47. The lowest BCUT2D eigenvalue weighted by atomic mass is 9.90. The van der Waals surface area contributed by atoms with Crippen molar-refractivity contribution in [3.05, 3.63) is 64.5 Å². The Morgan fingerprint density at radius 2 is 1.45 bits per heavy atom. The Labute approximate surface area is 169 Å². The number of amides is 2. The monoisotopic (exact) mass is 393 g/mol. The largest absolute Gasteiger partial charge is 0.274 e. The first-order valence-electron chi connectivity index (χ1n) is 10.1. The van der Waals surface area contributed by atoms with Gasteiger partial charge in [-0.2, -0.15) is 0 Å². The van der Waals surface area contributed by atoms with Gasteiger partial charge >= 0.3 is 0 Å². The molecular weight excluding hydrogens is 369 g/mol. The Bertz CT molecular complexity index is 996. The van der Waals surface area contributed by atoms with Crippen molar-refractivity contribution < 1.29 is 14.0 Å². The van der Waals surface area contributed by atoms with Gasteiger partial charge in [-0.1, -0.05) is 29.8 Å². The van der Waals surface area contributed by atoms with Crippen molar-refractivity contribution in [3.8, 4) is 0 Å². The second kappa shape index (κ2) is 6.47. The third-order valence-electron chi connectivity index (χ3n) is 6.48. The molecule has 5 rings (SSSR count). The van der Waals surface area contributed by atoms with Crippen LogP contribution in [0.15, 0.2) is 36.4 Å². The molecule has 29 heavy (non-hydrogen) atoms. The Morgan fingerprint density at radius 1 is 0.862 bits per heavy atom. The van der Waals surface area contributed by atoms with Gasteiger partial charge in [0.2, 0.25) is 5.91 Å². The molecule has 0 N–H and O–H groups in total. The number of hydrogen-bond donors (Lipinski definition) is 0. The summed E-state index contributed by atoms with van der Waals surface area (Å²) >= 11 is 0. The minimum atomic E-state index is -0.486. The number of halogens is 1. The van der Waals surface area contributed by atoms with E-state index in [1.54, 1.807) is 12.1 Å². The molecule has 3 heterocycles. The summed E-state index contributed by atoms with van der Waals surface area (Å²) in [6.07, 6.45) is 0.949. The minimum absolute atomic E-state index is 0.147. The molecule has 3 aliphatic heterocycles. The maximum absolute atomic E-state index is 13.6. The highest BCUT2D eigenvalue weighted by atomic mass is 19.1. The Balaban J connectivity index is 1.61. The first kappa shape index (κ1) is 18.5. The van der Waals surface area contributed by atoms with E-state index < -0.39 is 12.0 Å². The SMILES string of the molecule is Cc1cc(C)c(N2C(=O)C3C(C2=O)N2CCCN2C3c2ccc(F)cc2)c(C)c1. The summed E-state index contributed by atoms with van der Waals surface area (Å²) < 4.78 is 13.5. The van der Waals surface area contributed by atoms with E-state index in [1.165, 1.54) is 17.0 Å². The molecule has 0 radical (unpaired) electrons. The molecule has 3 aliphatic rings. The quantitative estimate of drug-likeness (QED) is 0.735. The first-order chi connectivity index (χ1) is 13.9. The van der Waals surface area contributed by atoms with Gasteiger partial charge in [-0.15, -0.1) is 0 Å². The lowest BCUT2D eigenvalue weighted by molar-refractivity contribution is -0.126. The molecule has 2 aromatic rings. The highest BCUT2D eigenvalue weighted by molar-refractivity contribution is 6.24. The van der Waals surface area contributed by atoms with Crippen LogP contribution in [0.4, 0.5) is 10.1 Å². The van der Waals surface area contributed by atoms with Crippen molar-refractivity contribution in [2.45, 2.75) is 39.3 Å². The van der Waals surface area contributed by atoms with E-state index in [4.69, 9.17) is 0 Å². The van der Waals surface area contributed by atoms with Crippen LogP contribution in [-0.2, 0) is 9.59 Å². The number of benzene rings is 2. The number of nitrogens with zero attached hydrogens (tertiary/aromatic N) is 3. The molecule has 0 aliphatic carbocycles. The predicted molar refractivity (Wildman–Crippen MR) is 108 cm³/mol. The number of aryl methyl sites for hydroxylation is 3. The number of imide groups is 1. The van der Waals surface area contributed by atoms with Crippen molar-refractivity contribution in [2.75, 3.05) is 18.0 Å². The maximum atomic E-state index is 13.6. The summed E-state index contributed by atoms with van der Waals surface area (Å²) in [6, 6.07) is 9.62. The van der Waals surface area contributed by atoms with E-state index in [0.29, 0.717) is 5.69 Å². The number of rotatable bonds is 2. The van der Waals surface area contributed by atoms with Crippen molar-refractivity contribution in [3.63, 3.8) is 0 Å². The van der Waals surface area contributed by atoms with Crippen LogP contribution in [0.1, 0.15) is 34.7 Å². The second-order valence-corrected chi connectivity index (χ2v) is 8.41. The number of carbonyl (C=O) groups excluding carboxylic acids is 2. The van der Waals surface area contributed by atoms with Gasteiger partial charge in [0.1, 0.15) is 11.9 Å². The van der Waals surface area contributed by atoms with Gasteiger partial charge in [0.15, 0.2) is 0 Å². The van der Waals surface area contributed by atoms with E-state index >= 15 is 0 Å². The lowest BCUT2D eigenvalue weighted by Gasteiger charge is -2.30. The molecule has 5 nitrogen and oxygen atoms in total. The summed E-state index contributed by atoms with van der Waals surface area (Å²) in [5.74, 6) is -1.08. The number of fused-ring (bicyclic) bond motifs is 3. The van der Waals surface area contributed by atoms with Crippen molar-refractivity contribution >= 4 is 17.5 Å². The van der Waals surface area contributed by atoms with Crippen LogP contribution < -0.4 is 4.90 Å². The second-order valence-electron chi connectivity index (χ2n) is 8.41. The van der Waals surface area contributed by atoms with E-state index in [0.717, 1.165) is 41.8 Å². The molecular formula is C23H24FN3O2. The van der Waals surface area contributed by atoms with E-state index in [9.17, 15) is 14.0 Å². The maximum Gasteiger partial charge on any atom is 0.253 e. The van der Waals surface area contributed by atoms with Crippen LogP contribution in [0.3, 0.4) is 0 Å². The molecule has 3 atom stereocenters. The van der Waals surface area contributed by atoms with Gasteiger partial charge in [-0.25, -0.2) is 19.3 Å². The number of hydrogen-bond acceptors (Lipinski definition) is 4. The zero-order valence-corrected chi connectivity index (χ0v) is 16.9. The van der Waals surface area contributed by atoms with Crippen molar-refractivity contribution in [1.29, 1.82) is 0 Å². The van der Waals surface area contributed by atoms with Crippen LogP contribution in [0.5, 0.6) is 0 Å². The summed E-state index contributed by atoms with van der Waals surface area (Å²) in [4.78, 5) is 28.6. The number of carbonyl (C=O) groups is 2.